The third-order valence-corrected chi connectivity index (χ3v) is 2.90. The Morgan fingerprint density at radius 2 is 2.14 bits per heavy atom. The molecule has 0 spiro atoms. The van der Waals surface area contributed by atoms with Crippen LogP contribution in [0.15, 0.2) is 36.9 Å². The van der Waals surface area contributed by atoms with Crippen molar-refractivity contribution in [2.45, 2.75) is 25.3 Å². The minimum atomic E-state index is 0.642. The van der Waals surface area contributed by atoms with E-state index in [1.807, 2.05) is 6.08 Å². The van der Waals surface area contributed by atoms with Gasteiger partial charge >= 0.3 is 0 Å². The SMILES string of the molecule is C=CCNC1CCc2ccccc2C1. The Kier molecular flexibility index (Phi) is 3.00. The van der Waals surface area contributed by atoms with E-state index >= 15 is 0 Å². The highest BCUT2D eigenvalue weighted by molar-refractivity contribution is 5.30. The van der Waals surface area contributed by atoms with Crippen LogP contribution in [0.5, 0.6) is 0 Å². The van der Waals surface area contributed by atoms with Gasteiger partial charge in [-0.15, -0.1) is 6.58 Å². The van der Waals surface area contributed by atoms with E-state index in [2.05, 4.69) is 36.2 Å². The second-order valence-electron chi connectivity index (χ2n) is 3.91. The third-order valence-electron chi connectivity index (χ3n) is 2.90. The summed E-state index contributed by atoms with van der Waals surface area (Å²) in [5.74, 6) is 0. The Balaban J connectivity index is 2.02. The molecule has 1 aromatic rings. The average Bonchev–Trinajstić information content (AvgIpc) is 2.26. The van der Waals surface area contributed by atoms with E-state index in [9.17, 15) is 0 Å². The van der Waals surface area contributed by atoms with E-state index in [4.69, 9.17) is 0 Å². The first-order valence-electron chi connectivity index (χ1n) is 5.31. The van der Waals surface area contributed by atoms with Gasteiger partial charge in [-0.3, -0.25) is 0 Å². The summed E-state index contributed by atoms with van der Waals surface area (Å²) in [5.41, 5.74) is 3.05. The second kappa shape index (κ2) is 4.43. The predicted octanol–water partition coefficient (Wildman–Crippen LogP) is 2.32. The van der Waals surface area contributed by atoms with Crippen LogP contribution < -0.4 is 5.32 Å². The number of rotatable bonds is 3. The van der Waals surface area contributed by atoms with E-state index in [0.717, 1.165) is 6.54 Å². The highest BCUT2D eigenvalue weighted by Crippen LogP contribution is 2.20. The number of benzene rings is 1. The van der Waals surface area contributed by atoms with Crippen LogP contribution in [0.2, 0.25) is 0 Å². The summed E-state index contributed by atoms with van der Waals surface area (Å²) < 4.78 is 0. The molecule has 0 fully saturated rings. The van der Waals surface area contributed by atoms with Crippen molar-refractivity contribution in [3.8, 4) is 0 Å². The Bertz CT molecular complexity index is 317. The fourth-order valence-corrected chi connectivity index (χ4v) is 2.12. The lowest BCUT2D eigenvalue weighted by Crippen LogP contribution is -2.34. The summed E-state index contributed by atoms with van der Waals surface area (Å²) in [7, 11) is 0. The van der Waals surface area contributed by atoms with Crippen LogP contribution in [0.3, 0.4) is 0 Å². The van der Waals surface area contributed by atoms with E-state index < -0.39 is 0 Å². The molecule has 2 rings (SSSR count). The summed E-state index contributed by atoms with van der Waals surface area (Å²) in [5, 5.41) is 3.49. The van der Waals surface area contributed by atoms with Gasteiger partial charge in [0.25, 0.3) is 0 Å². The molecular formula is C13H17N. The predicted molar refractivity (Wildman–Crippen MR) is 60.5 cm³/mol. The maximum absolute atomic E-state index is 3.73. The molecule has 1 nitrogen and oxygen atoms in total. The van der Waals surface area contributed by atoms with Gasteiger partial charge in [-0.1, -0.05) is 30.3 Å². The highest BCUT2D eigenvalue weighted by Gasteiger charge is 2.16. The topological polar surface area (TPSA) is 12.0 Å². The summed E-state index contributed by atoms with van der Waals surface area (Å²) in [6.07, 6.45) is 5.57. The van der Waals surface area contributed by atoms with E-state index in [-0.39, 0.29) is 0 Å². The van der Waals surface area contributed by atoms with Crippen molar-refractivity contribution < 1.29 is 0 Å². The van der Waals surface area contributed by atoms with Crippen molar-refractivity contribution in [2.75, 3.05) is 6.54 Å². The van der Waals surface area contributed by atoms with Crippen molar-refractivity contribution >= 4 is 0 Å². The van der Waals surface area contributed by atoms with Gasteiger partial charge in [0, 0.05) is 12.6 Å². The molecule has 1 aliphatic carbocycles. The smallest absolute Gasteiger partial charge is 0.0135 e. The van der Waals surface area contributed by atoms with Crippen LogP contribution in [0, 0.1) is 0 Å². The second-order valence-corrected chi connectivity index (χ2v) is 3.91. The molecule has 0 saturated carbocycles. The van der Waals surface area contributed by atoms with Gasteiger partial charge < -0.3 is 5.32 Å². The first kappa shape index (κ1) is 9.47. The minimum Gasteiger partial charge on any atom is -0.310 e. The fraction of sp³-hybridized carbons (Fsp3) is 0.385. The average molecular weight is 187 g/mol. The van der Waals surface area contributed by atoms with Gasteiger partial charge in [0.1, 0.15) is 0 Å². The van der Waals surface area contributed by atoms with Crippen LogP contribution in [0.25, 0.3) is 0 Å². The minimum absolute atomic E-state index is 0.642. The lowest BCUT2D eigenvalue weighted by atomic mass is 9.88. The Labute approximate surface area is 85.8 Å². The molecule has 0 radical (unpaired) electrons. The number of hydrogen-bond acceptors (Lipinski definition) is 1. The van der Waals surface area contributed by atoms with Crippen LogP contribution in [-0.4, -0.2) is 12.6 Å². The van der Waals surface area contributed by atoms with Crippen molar-refractivity contribution in [2.24, 2.45) is 0 Å². The zero-order chi connectivity index (χ0) is 9.80. The summed E-state index contributed by atoms with van der Waals surface area (Å²) in [6.45, 7) is 4.65. The Morgan fingerprint density at radius 1 is 1.36 bits per heavy atom. The molecule has 0 heterocycles. The van der Waals surface area contributed by atoms with Gasteiger partial charge in [0.2, 0.25) is 0 Å². The molecule has 0 bridgehead atoms. The first-order chi connectivity index (χ1) is 6.90. The van der Waals surface area contributed by atoms with Gasteiger partial charge in [-0.05, 0) is 30.4 Å². The van der Waals surface area contributed by atoms with Crippen molar-refractivity contribution in [1.82, 2.24) is 5.32 Å². The zero-order valence-electron chi connectivity index (χ0n) is 8.50. The summed E-state index contributed by atoms with van der Waals surface area (Å²) in [6, 6.07) is 9.41. The standard InChI is InChI=1S/C13H17N/c1-2-9-14-13-8-7-11-5-3-4-6-12(11)10-13/h2-6,13-14H,1,7-10H2. The number of hydrogen-bond donors (Lipinski definition) is 1. The quantitative estimate of drug-likeness (QED) is 0.716. The molecule has 0 amide bonds. The van der Waals surface area contributed by atoms with Crippen LogP contribution in [0.4, 0.5) is 0 Å². The molecule has 74 valence electrons. The van der Waals surface area contributed by atoms with Crippen LogP contribution in [-0.2, 0) is 12.8 Å². The Morgan fingerprint density at radius 3 is 2.93 bits per heavy atom. The number of nitrogens with one attached hydrogen (secondary N) is 1. The van der Waals surface area contributed by atoms with Gasteiger partial charge in [0.15, 0.2) is 0 Å². The van der Waals surface area contributed by atoms with E-state index in [1.165, 1.54) is 30.4 Å². The number of aryl methyl sites for hydroxylation is 1. The lowest BCUT2D eigenvalue weighted by molar-refractivity contribution is 0.480. The molecule has 0 aliphatic heterocycles. The third kappa shape index (κ3) is 2.05. The molecule has 1 unspecified atom stereocenters. The maximum atomic E-state index is 3.73. The molecule has 1 aromatic carbocycles. The van der Waals surface area contributed by atoms with E-state index in [1.54, 1.807) is 0 Å². The lowest BCUT2D eigenvalue weighted by Gasteiger charge is -2.25. The molecule has 1 aliphatic rings. The van der Waals surface area contributed by atoms with Crippen molar-refractivity contribution in [1.29, 1.82) is 0 Å². The number of fused-ring (bicyclic) bond motifs is 1. The Hall–Kier alpha value is -1.08. The van der Waals surface area contributed by atoms with Crippen molar-refractivity contribution in [3.05, 3.63) is 48.0 Å². The van der Waals surface area contributed by atoms with Gasteiger partial charge in [-0.2, -0.15) is 0 Å². The van der Waals surface area contributed by atoms with Gasteiger partial charge in [-0.25, -0.2) is 0 Å². The normalized spacial score (nSPS) is 20.1. The molecule has 1 heteroatoms. The summed E-state index contributed by atoms with van der Waals surface area (Å²) >= 11 is 0. The monoisotopic (exact) mass is 187 g/mol. The summed E-state index contributed by atoms with van der Waals surface area (Å²) in [4.78, 5) is 0. The van der Waals surface area contributed by atoms with Crippen molar-refractivity contribution in [3.63, 3.8) is 0 Å². The van der Waals surface area contributed by atoms with Crippen LogP contribution >= 0.6 is 0 Å². The van der Waals surface area contributed by atoms with Gasteiger partial charge in [0.05, 0.1) is 0 Å². The van der Waals surface area contributed by atoms with Crippen LogP contribution in [0.1, 0.15) is 17.5 Å². The largest absolute Gasteiger partial charge is 0.310 e. The fourth-order valence-electron chi connectivity index (χ4n) is 2.12. The molecular weight excluding hydrogens is 170 g/mol. The highest BCUT2D eigenvalue weighted by atomic mass is 14.9. The molecule has 0 aromatic heterocycles. The zero-order valence-corrected chi connectivity index (χ0v) is 8.50. The molecule has 1 atom stereocenters. The molecule has 1 N–H and O–H groups in total. The first-order valence-corrected chi connectivity index (χ1v) is 5.31. The maximum Gasteiger partial charge on any atom is 0.0135 e. The molecule has 0 saturated heterocycles. The molecule has 14 heavy (non-hydrogen) atoms. The van der Waals surface area contributed by atoms with E-state index in [0.29, 0.717) is 6.04 Å².